The number of aromatic nitrogens is 2. The van der Waals surface area contributed by atoms with Gasteiger partial charge in [0.2, 0.25) is 0 Å². The van der Waals surface area contributed by atoms with Crippen LogP contribution in [0.1, 0.15) is 32.0 Å². The van der Waals surface area contributed by atoms with Gasteiger partial charge in [0.05, 0.1) is 23.6 Å². The van der Waals surface area contributed by atoms with E-state index in [-0.39, 0.29) is 17.4 Å². The fourth-order valence-electron chi connectivity index (χ4n) is 4.28. The molecule has 1 aromatic heterocycles. The number of fused-ring (bicyclic) bond motifs is 3. The van der Waals surface area contributed by atoms with Crippen LogP contribution in [0.5, 0.6) is 0 Å². The summed E-state index contributed by atoms with van der Waals surface area (Å²) in [5.74, 6) is 0.308. The fourth-order valence-corrected chi connectivity index (χ4v) is 4.52. The average molecular weight is 393 g/mol. The molecule has 2 atom stereocenters. The summed E-state index contributed by atoms with van der Waals surface area (Å²) in [7, 11) is 0. The van der Waals surface area contributed by atoms with Crippen molar-refractivity contribution in [3.05, 3.63) is 28.8 Å². The van der Waals surface area contributed by atoms with Gasteiger partial charge in [-0.2, -0.15) is 0 Å². The number of ether oxygens (including phenoxy) is 1. The van der Waals surface area contributed by atoms with Crippen LogP contribution in [0.2, 0.25) is 5.02 Å². The van der Waals surface area contributed by atoms with E-state index in [0.29, 0.717) is 41.2 Å². The van der Waals surface area contributed by atoms with Crippen LogP contribution in [0.4, 0.5) is 4.39 Å². The zero-order valence-electron chi connectivity index (χ0n) is 15.2. The first kappa shape index (κ1) is 17.4. The van der Waals surface area contributed by atoms with Gasteiger partial charge in [0.1, 0.15) is 22.8 Å². The van der Waals surface area contributed by atoms with Crippen molar-refractivity contribution in [2.24, 2.45) is 0 Å². The van der Waals surface area contributed by atoms with Gasteiger partial charge in [-0.25, -0.2) is 9.37 Å². The number of esters is 1. The van der Waals surface area contributed by atoms with Crippen LogP contribution in [-0.2, 0) is 16.1 Å². The summed E-state index contributed by atoms with van der Waals surface area (Å²) in [6, 6.07) is 3.46. The molecule has 3 saturated heterocycles. The number of H-pyrrole nitrogens is 1. The maximum absolute atomic E-state index is 13.5. The summed E-state index contributed by atoms with van der Waals surface area (Å²) in [5, 5.41) is 0.322. The van der Waals surface area contributed by atoms with Crippen molar-refractivity contribution >= 4 is 28.6 Å². The molecule has 2 unspecified atom stereocenters. The highest BCUT2D eigenvalue weighted by Crippen LogP contribution is 2.39. The molecule has 4 fully saturated rings. The molecular formula is C19H22ClFN4O2. The van der Waals surface area contributed by atoms with Crippen molar-refractivity contribution in [3.8, 4) is 0 Å². The minimum absolute atomic E-state index is 0.105. The summed E-state index contributed by atoms with van der Waals surface area (Å²) in [6.07, 6.45) is 3.08. The normalized spacial score (nSPS) is 26.8. The third-order valence-corrected chi connectivity index (χ3v) is 6.26. The number of hydrogen-bond acceptors (Lipinski definition) is 5. The van der Waals surface area contributed by atoms with Gasteiger partial charge < -0.3 is 9.72 Å². The van der Waals surface area contributed by atoms with Crippen molar-refractivity contribution in [2.75, 3.05) is 19.6 Å². The Morgan fingerprint density at radius 2 is 2.15 bits per heavy atom. The third kappa shape index (κ3) is 3.32. The van der Waals surface area contributed by atoms with Crippen molar-refractivity contribution in [1.29, 1.82) is 0 Å². The lowest BCUT2D eigenvalue weighted by Crippen LogP contribution is -2.69. The van der Waals surface area contributed by atoms with Gasteiger partial charge in [-0.1, -0.05) is 11.6 Å². The Morgan fingerprint density at radius 3 is 2.85 bits per heavy atom. The molecule has 27 heavy (non-hydrogen) atoms. The predicted octanol–water partition coefficient (Wildman–Crippen LogP) is 2.71. The second-order valence-electron chi connectivity index (χ2n) is 8.30. The molecular weight excluding hydrogens is 371 g/mol. The molecule has 0 amide bonds. The van der Waals surface area contributed by atoms with Crippen molar-refractivity contribution in [3.63, 3.8) is 0 Å². The molecule has 4 aliphatic rings. The maximum atomic E-state index is 13.5. The van der Waals surface area contributed by atoms with E-state index in [9.17, 15) is 9.18 Å². The molecule has 2 aromatic rings. The number of imidazole rings is 1. The molecule has 8 heteroatoms. The van der Waals surface area contributed by atoms with E-state index in [2.05, 4.69) is 19.8 Å². The predicted molar refractivity (Wildman–Crippen MR) is 99.0 cm³/mol. The Labute approximate surface area is 161 Å². The molecule has 0 radical (unpaired) electrons. The number of benzene rings is 1. The Kier molecular flexibility index (Phi) is 3.97. The zero-order chi connectivity index (χ0) is 18.8. The average Bonchev–Trinajstić information content (AvgIpc) is 3.17. The van der Waals surface area contributed by atoms with Crippen LogP contribution < -0.4 is 0 Å². The van der Waals surface area contributed by atoms with Crippen LogP contribution in [0, 0.1) is 5.82 Å². The Balaban J connectivity index is 1.20. The number of carbonyl (C=O) groups is 1. The second-order valence-corrected chi connectivity index (χ2v) is 8.71. The van der Waals surface area contributed by atoms with Crippen LogP contribution >= 0.6 is 11.6 Å². The highest BCUT2D eigenvalue weighted by atomic mass is 35.5. The van der Waals surface area contributed by atoms with Crippen LogP contribution in [0.3, 0.4) is 0 Å². The number of carbonyl (C=O) groups excluding carboxylic acids is 1. The second kappa shape index (κ2) is 6.15. The molecule has 0 spiro atoms. The summed E-state index contributed by atoms with van der Waals surface area (Å²) in [4.78, 5) is 24.4. The van der Waals surface area contributed by atoms with E-state index >= 15 is 0 Å². The van der Waals surface area contributed by atoms with Gasteiger partial charge >= 0.3 is 5.97 Å². The number of piperidine rings is 1. The molecule has 1 aliphatic carbocycles. The standard InChI is InChI=1S/C19H22ClFN4O2/c1-19(2-3-19)27-17(26)10-25-12-6-13(25)8-24(7-12)9-16-22-15-5-11(21)4-14(20)18(15)23-16/h4-5,12-13H,2-3,6-10H2,1H3,(H,22,23). The van der Waals surface area contributed by atoms with Crippen molar-refractivity contribution in [1.82, 2.24) is 19.8 Å². The first-order chi connectivity index (χ1) is 12.9. The van der Waals surface area contributed by atoms with Crippen molar-refractivity contribution < 1.29 is 13.9 Å². The van der Waals surface area contributed by atoms with Gasteiger partial charge in [0.25, 0.3) is 0 Å². The summed E-state index contributed by atoms with van der Waals surface area (Å²) in [5.41, 5.74) is 1.02. The molecule has 4 heterocycles. The molecule has 2 bridgehead atoms. The smallest absolute Gasteiger partial charge is 0.320 e. The largest absolute Gasteiger partial charge is 0.458 e. The zero-order valence-corrected chi connectivity index (χ0v) is 15.9. The van der Waals surface area contributed by atoms with Gasteiger partial charge in [-0.05, 0) is 38.3 Å². The van der Waals surface area contributed by atoms with Crippen LogP contribution in [0.25, 0.3) is 11.0 Å². The lowest BCUT2D eigenvalue weighted by atomic mass is 9.87. The van der Waals surface area contributed by atoms with E-state index in [4.69, 9.17) is 16.3 Å². The number of rotatable bonds is 5. The topological polar surface area (TPSA) is 61.5 Å². The highest BCUT2D eigenvalue weighted by Gasteiger charge is 2.47. The maximum Gasteiger partial charge on any atom is 0.320 e. The fraction of sp³-hybridized carbons (Fsp3) is 0.579. The lowest BCUT2D eigenvalue weighted by molar-refractivity contribution is -0.159. The number of nitrogens with zero attached hydrogens (tertiary/aromatic N) is 3. The molecule has 3 aliphatic heterocycles. The number of hydrogen-bond donors (Lipinski definition) is 1. The highest BCUT2D eigenvalue weighted by molar-refractivity contribution is 6.34. The molecule has 1 aromatic carbocycles. The molecule has 6 rings (SSSR count). The number of halogens is 2. The lowest BCUT2D eigenvalue weighted by Gasteiger charge is -2.56. The van der Waals surface area contributed by atoms with Gasteiger partial charge in [0.15, 0.2) is 0 Å². The first-order valence-electron chi connectivity index (χ1n) is 9.42. The molecule has 6 nitrogen and oxygen atoms in total. The van der Waals surface area contributed by atoms with Gasteiger partial charge in [-0.15, -0.1) is 0 Å². The Bertz CT molecular complexity index is 900. The number of nitrogens with one attached hydrogen (secondary N) is 1. The van der Waals surface area contributed by atoms with E-state index in [1.54, 1.807) is 0 Å². The van der Waals surface area contributed by atoms with Crippen LogP contribution in [-0.4, -0.2) is 63.1 Å². The third-order valence-electron chi connectivity index (χ3n) is 5.97. The minimum Gasteiger partial charge on any atom is -0.458 e. The monoisotopic (exact) mass is 392 g/mol. The SMILES string of the molecule is CC1(OC(=O)CN2C3CC2CN(Cc2nc4c(Cl)cc(F)cc4[nH]2)C3)CC1. The van der Waals surface area contributed by atoms with E-state index in [0.717, 1.165) is 38.2 Å². The van der Waals surface area contributed by atoms with E-state index in [1.807, 2.05) is 6.92 Å². The van der Waals surface area contributed by atoms with E-state index < -0.39 is 0 Å². The van der Waals surface area contributed by atoms with Gasteiger partial charge in [-0.3, -0.25) is 14.6 Å². The Morgan fingerprint density at radius 1 is 1.41 bits per heavy atom. The quantitative estimate of drug-likeness (QED) is 0.793. The van der Waals surface area contributed by atoms with Crippen LogP contribution in [0.15, 0.2) is 12.1 Å². The number of aromatic amines is 1. The summed E-state index contributed by atoms with van der Waals surface area (Å²) < 4.78 is 19.0. The molecule has 1 saturated carbocycles. The molecule has 1 N–H and O–H groups in total. The first-order valence-corrected chi connectivity index (χ1v) is 9.80. The summed E-state index contributed by atoms with van der Waals surface area (Å²) in [6.45, 7) is 4.82. The number of piperazine rings is 1. The molecule has 144 valence electrons. The van der Waals surface area contributed by atoms with E-state index in [1.165, 1.54) is 12.1 Å². The van der Waals surface area contributed by atoms with Gasteiger partial charge in [0, 0.05) is 25.2 Å². The summed E-state index contributed by atoms with van der Waals surface area (Å²) >= 11 is 6.08. The minimum atomic E-state index is -0.371. The van der Waals surface area contributed by atoms with Crippen molar-refractivity contribution in [2.45, 2.75) is 50.4 Å². The Hall–Kier alpha value is -1.70.